The molecule has 1 aliphatic rings. The van der Waals surface area contributed by atoms with Crippen molar-refractivity contribution in [3.8, 4) is 0 Å². The Bertz CT molecular complexity index is 553. The van der Waals surface area contributed by atoms with Crippen LogP contribution < -0.4 is 0 Å². The summed E-state index contributed by atoms with van der Waals surface area (Å²) >= 11 is 0. The van der Waals surface area contributed by atoms with E-state index in [1.165, 1.54) is 5.56 Å². The van der Waals surface area contributed by atoms with Crippen molar-refractivity contribution in [2.24, 2.45) is 17.3 Å². The maximum Gasteiger partial charge on any atom is 0.226 e. The van der Waals surface area contributed by atoms with Crippen LogP contribution in [0.1, 0.15) is 46.2 Å². The standard InChI is InChI=1S/C20H33NO2Si/c1-14-17(18(20(3,4)5)23-24(6)7)13-21(19(14)22)15(2)16-11-9-8-10-12-16/h8-12,14-15,17-18,24H,13H2,1-7H3/t14-,15-,17+,18?/m1/s1. The van der Waals surface area contributed by atoms with Crippen molar-refractivity contribution in [1.29, 1.82) is 0 Å². The normalized spacial score (nSPS) is 24.5. The molecule has 0 N–H and O–H groups in total. The molecule has 2 rings (SSSR count). The van der Waals surface area contributed by atoms with Gasteiger partial charge >= 0.3 is 0 Å². The molecule has 1 amide bonds. The smallest absolute Gasteiger partial charge is 0.226 e. The Hall–Kier alpha value is -1.13. The molecular formula is C20H33NO2Si. The Kier molecular flexibility index (Phi) is 5.92. The SMILES string of the molecule is C[C@H](c1ccccc1)N1C[C@H](C(O[SiH](C)C)C(C)(C)C)[C@@H](C)C1=O. The summed E-state index contributed by atoms with van der Waals surface area (Å²) in [6, 6.07) is 10.4. The van der Waals surface area contributed by atoms with Crippen LogP contribution in [0, 0.1) is 17.3 Å². The topological polar surface area (TPSA) is 29.5 Å². The highest BCUT2D eigenvalue weighted by Crippen LogP contribution is 2.40. The van der Waals surface area contributed by atoms with E-state index in [1.54, 1.807) is 0 Å². The van der Waals surface area contributed by atoms with E-state index in [-0.39, 0.29) is 35.3 Å². The zero-order valence-electron chi connectivity index (χ0n) is 16.2. The third kappa shape index (κ3) is 4.09. The fourth-order valence-corrected chi connectivity index (χ4v) is 4.98. The lowest BCUT2D eigenvalue weighted by Gasteiger charge is -2.38. The van der Waals surface area contributed by atoms with Crippen LogP contribution in [0.5, 0.6) is 0 Å². The number of carbonyl (C=O) groups excluding carboxylic acids is 1. The van der Waals surface area contributed by atoms with Gasteiger partial charge in [-0.3, -0.25) is 4.79 Å². The average molecular weight is 348 g/mol. The second-order valence-corrected chi connectivity index (χ2v) is 10.9. The van der Waals surface area contributed by atoms with Crippen LogP contribution in [0.15, 0.2) is 30.3 Å². The minimum Gasteiger partial charge on any atom is -0.417 e. The molecule has 1 saturated heterocycles. The molecule has 4 atom stereocenters. The van der Waals surface area contributed by atoms with E-state index >= 15 is 0 Å². The van der Waals surface area contributed by atoms with Crippen LogP contribution in [-0.2, 0) is 9.22 Å². The van der Waals surface area contributed by atoms with Gasteiger partial charge in [0.2, 0.25) is 5.91 Å². The number of hydrogen-bond acceptors (Lipinski definition) is 2. The van der Waals surface area contributed by atoms with Crippen molar-refractivity contribution in [3.63, 3.8) is 0 Å². The van der Waals surface area contributed by atoms with Crippen molar-refractivity contribution in [2.45, 2.75) is 59.9 Å². The molecule has 0 spiro atoms. The monoisotopic (exact) mass is 347 g/mol. The van der Waals surface area contributed by atoms with Gasteiger partial charge in [0.25, 0.3) is 0 Å². The first-order valence-corrected chi connectivity index (χ1v) is 11.9. The minimum atomic E-state index is -1.17. The quantitative estimate of drug-likeness (QED) is 0.745. The highest BCUT2D eigenvalue weighted by atomic mass is 28.3. The lowest BCUT2D eigenvalue weighted by Crippen LogP contribution is -2.42. The minimum absolute atomic E-state index is 0.0214. The van der Waals surface area contributed by atoms with Crippen molar-refractivity contribution < 1.29 is 9.22 Å². The van der Waals surface area contributed by atoms with E-state index < -0.39 is 9.04 Å². The van der Waals surface area contributed by atoms with Gasteiger partial charge in [-0.05, 0) is 31.0 Å². The lowest BCUT2D eigenvalue weighted by atomic mass is 9.77. The van der Waals surface area contributed by atoms with E-state index in [4.69, 9.17) is 4.43 Å². The van der Waals surface area contributed by atoms with Gasteiger partial charge in [0.15, 0.2) is 9.04 Å². The first kappa shape index (κ1) is 19.2. The van der Waals surface area contributed by atoms with Crippen molar-refractivity contribution >= 4 is 14.9 Å². The predicted molar refractivity (Wildman–Crippen MR) is 102 cm³/mol. The summed E-state index contributed by atoms with van der Waals surface area (Å²) in [5.74, 6) is 0.548. The number of amides is 1. The van der Waals surface area contributed by atoms with Gasteiger partial charge in [0, 0.05) is 18.4 Å². The zero-order chi connectivity index (χ0) is 18.1. The number of nitrogens with zero attached hydrogens (tertiary/aromatic N) is 1. The van der Waals surface area contributed by atoms with Crippen molar-refractivity contribution in [1.82, 2.24) is 4.90 Å². The number of hydrogen-bond donors (Lipinski definition) is 0. The molecule has 1 aromatic rings. The molecule has 0 saturated carbocycles. The van der Waals surface area contributed by atoms with Gasteiger partial charge in [-0.15, -0.1) is 0 Å². The molecule has 1 aliphatic heterocycles. The summed E-state index contributed by atoms with van der Waals surface area (Å²) < 4.78 is 6.41. The number of likely N-dealkylation sites (tertiary alicyclic amines) is 1. The van der Waals surface area contributed by atoms with Crippen LogP contribution in [-0.4, -0.2) is 32.5 Å². The Morgan fingerprint density at radius 1 is 1.21 bits per heavy atom. The second kappa shape index (κ2) is 7.40. The third-order valence-corrected chi connectivity index (χ3v) is 5.97. The van der Waals surface area contributed by atoms with Crippen LogP contribution >= 0.6 is 0 Å². The molecule has 1 aromatic carbocycles. The largest absolute Gasteiger partial charge is 0.417 e. The molecule has 1 fully saturated rings. The van der Waals surface area contributed by atoms with Gasteiger partial charge in [-0.1, -0.05) is 58.0 Å². The van der Waals surface area contributed by atoms with Crippen LogP contribution in [0.25, 0.3) is 0 Å². The predicted octanol–water partition coefficient (Wildman–Crippen LogP) is 4.26. The summed E-state index contributed by atoms with van der Waals surface area (Å²) in [6.07, 6.45) is 0.135. The van der Waals surface area contributed by atoms with E-state index in [0.717, 1.165) is 6.54 Å². The Morgan fingerprint density at radius 2 is 1.79 bits per heavy atom. The molecule has 134 valence electrons. The summed E-state index contributed by atoms with van der Waals surface area (Å²) in [4.78, 5) is 15.0. The average Bonchev–Trinajstić information content (AvgIpc) is 2.80. The fraction of sp³-hybridized carbons (Fsp3) is 0.650. The third-order valence-electron chi connectivity index (χ3n) is 5.13. The fourth-order valence-electron chi connectivity index (χ4n) is 3.78. The van der Waals surface area contributed by atoms with Crippen LogP contribution in [0.3, 0.4) is 0 Å². The lowest BCUT2D eigenvalue weighted by molar-refractivity contribution is -0.132. The summed E-state index contributed by atoms with van der Waals surface area (Å²) in [7, 11) is -1.17. The van der Waals surface area contributed by atoms with Gasteiger partial charge < -0.3 is 9.33 Å². The molecule has 24 heavy (non-hydrogen) atoms. The highest BCUT2D eigenvalue weighted by molar-refractivity contribution is 6.48. The van der Waals surface area contributed by atoms with Gasteiger partial charge in [0.05, 0.1) is 12.1 Å². The first-order chi connectivity index (χ1) is 11.1. The maximum atomic E-state index is 12.9. The van der Waals surface area contributed by atoms with Crippen LogP contribution in [0.2, 0.25) is 13.1 Å². The van der Waals surface area contributed by atoms with Gasteiger partial charge in [0.1, 0.15) is 0 Å². The van der Waals surface area contributed by atoms with Gasteiger partial charge in [-0.2, -0.15) is 0 Å². The Balaban J connectivity index is 2.23. The van der Waals surface area contributed by atoms with E-state index in [0.29, 0.717) is 0 Å². The van der Waals surface area contributed by atoms with Crippen LogP contribution in [0.4, 0.5) is 0 Å². The molecule has 0 bridgehead atoms. The Labute approximate surface area is 149 Å². The molecule has 4 heteroatoms. The summed E-state index contributed by atoms with van der Waals surface area (Å²) in [5, 5.41) is 0. The molecule has 0 aliphatic carbocycles. The van der Waals surface area contributed by atoms with Crippen molar-refractivity contribution in [3.05, 3.63) is 35.9 Å². The van der Waals surface area contributed by atoms with Gasteiger partial charge in [-0.25, -0.2) is 0 Å². The zero-order valence-corrected chi connectivity index (χ0v) is 17.4. The number of carbonyl (C=O) groups is 1. The highest BCUT2D eigenvalue weighted by Gasteiger charge is 2.47. The van der Waals surface area contributed by atoms with E-state index in [1.807, 2.05) is 18.2 Å². The molecule has 3 nitrogen and oxygen atoms in total. The molecule has 1 heterocycles. The number of benzene rings is 1. The van der Waals surface area contributed by atoms with E-state index in [9.17, 15) is 4.79 Å². The van der Waals surface area contributed by atoms with E-state index in [2.05, 4.69) is 64.7 Å². The Morgan fingerprint density at radius 3 is 2.29 bits per heavy atom. The second-order valence-electron chi connectivity index (χ2n) is 8.50. The van der Waals surface area contributed by atoms with Crippen molar-refractivity contribution in [2.75, 3.05) is 6.54 Å². The first-order valence-electron chi connectivity index (χ1n) is 9.13. The molecule has 0 aromatic heterocycles. The maximum absolute atomic E-state index is 12.9. The number of rotatable bonds is 5. The summed E-state index contributed by atoms with van der Waals surface area (Å²) in [6.45, 7) is 16.1. The molecular weight excluding hydrogens is 314 g/mol. The summed E-state index contributed by atoms with van der Waals surface area (Å²) in [5.41, 5.74) is 1.24. The molecule has 0 radical (unpaired) electrons. The molecule has 1 unspecified atom stereocenters.